The fourth-order valence-corrected chi connectivity index (χ4v) is 2.51. The molecule has 0 aliphatic carbocycles. The third-order valence-corrected chi connectivity index (χ3v) is 3.80. The van der Waals surface area contributed by atoms with Gasteiger partial charge in [-0.2, -0.15) is 0 Å². The lowest BCUT2D eigenvalue weighted by molar-refractivity contribution is 0.166. The Bertz CT molecular complexity index is 683. The second kappa shape index (κ2) is 6.64. The molecule has 3 rings (SSSR count). The standard InChI is InChI=1S/C17H18FN4O/c1-12-5-6-14(8-21-12)23-15-9-22(10-15)16-4-2-3-13(17(16)18)7-20-11-19/h2-6,8,15H,7,9-10H2,1H3,(H2,19,20). The highest BCUT2D eigenvalue weighted by atomic mass is 19.1. The Labute approximate surface area is 134 Å². The van der Waals surface area contributed by atoms with Crippen LogP contribution in [0.3, 0.4) is 0 Å². The van der Waals surface area contributed by atoms with E-state index in [0.717, 1.165) is 11.4 Å². The van der Waals surface area contributed by atoms with Crippen LogP contribution in [-0.4, -0.2) is 30.5 Å². The molecule has 0 spiro atoms. The molecule has 5 nitrogen and oxygen atoms in total. The molecule has 1 aromatic carbocycles. The molecule has 1 radical (unpaired) electrons. The van der Waals surface area contributed by atoms with Crippen molar-refractivity contribution in [3.63, 3.8) is 0 Å². The molecule has 2 N–H and O–H groups in total. The summed E-state index contributed by atoms with van der Waals surface area (Å²) in [5, 5.41) is 9.42. The summed E-state index contributed by atoms with van der Waals surface area (Å²) < 4.78 is 20.3. The molecule has 2 heterocycles. The van der Waals surface area contributed by atoms with Crippen molar-refractivity contribution in [1.29, 1.82) is 5.41 Å². The first kappa shape index (κ1) is 15.3. The van der Waals surface area contributed by atoms with Crippen LogP contribution in [0, 0.1) is 18.2 Å². The highest BCUT2D eigenvalue weighted by molar-refractivity contribution is 5.54. The number of halogens is 1. The Morgan fingerprint density at radius 2 is 2.22 bits per heavy atom. The minimum atomic E-state index is -0.259. The van der Waals surface area contributed by atoms with Gasteiger partial charge < -0.3 is 15.0 Å². The van der Waals surface area contributed by atoms with Crippen molar-refractivity contribution in [1.82, 2.24) is 10.3 Å². The Hall–Kier alpha value is -2.63. The number of aromatic nitrogens is 1. The summed E-state index contributed by atoms with van der Waals surface area (Å²) in [6, 6.07) is 9.08. The highest BCUT2D eigenvalue weighted by Gasteiger charge is 2.30. The first-order valence-electron chi connectivity index (χ1n) is 7.43. The predicted octanol–water partition coefficient (Wildman–Crippen LogP) is 2.37. The van der Waals surface area contributed by atoms with Crippen LogP contribution in [0.5, 0.6) is 5.75 Å². The van der Waals surface area contributed by atoms with Crippen LogP contribution >= 0.6 is 0 Å². The van der Waals surface area contributed by atoms with Crippen molar-refractivity contribution in [3.8, 4) is 5.75 Å². The smallest absolute Gasteiger partial charge is 0.161 e. The molecule has 1 aliphatic heterocycles. The molecule has 1 aromatic heterocycles. The zero-order chi connectivity index (χ0) is 16.2. The van der Waals surface area contributed by atoms with E-state index in [-0.39, 0.29) is 18.5 Å². The minimum absolute atomic E-state index is 0.0376. The molecule has 1 aliphatic rings. The third-order valence-electron chi connectivity index (χ3n) is 3.80. The Morgan fingerprint density at radius 3 is 2.91 bits per heavy atom. The second-order valence-electron chi connectivity index (χ2n) is 5.51. The lowest BCUT2D eigenvalue weighted by Crippen LogP contribution is -2.54. The number of nitrogens with one attached hydrogen (secondary N) is 2. The van der Waals surface area contributed by atoms with Gasteiger partial charge in [-0.05, 0) is 25.1 Å². The van der Waals surface area contributed by atoms with Gasteiger partial charge >= 0.3 is 0 Å². The molecule has 0 amide bonds. The number of pyridine rings is 1. The largest absolute Gasteiger partial charge is 0.485 e. The van der Waals surface area contributed by atoms with E-state index in [1.54, 1.807) is 18.3 Å². The average Bonchev–Trinajstić information content (AvgIpc) is 2.52. The molecule has 2 aromatic rings. The normalized spacial score (nSPS) is 14.3. The maximum atomic E-state index is 14.4. The zero-order valence-electron chi connectivity index (χ0n) is 12.8. The third kappa shape index (κ3) is 3.41. The molecule has 1 fully saturated rings. The van der Waals surface area contributed by atoms with Crippen molar-refractivity contribution < 1.29 is 9.13 Å². The van der Waals surface area contributed by atoms with E-state index in [0.29, 0.717) is 24.3 Å². The van der Waals surface area contributed by atoms with Gasteiger partial charge in [0.25, 0.3) is 0 Å². The van der Waals surface area contributed by atoms with E-state index in [4.69, 9.17) is 10.1 Å². The molecule has 0 unspecified atom stereocenters. The molecule has 6 heteroatoms. The Kier molecular flexibility index (Phi) is 4.41. The second-order valence-corrected chi connectivity index (χ2v) is 5.51. The molecule has 0 atom stereocenters. The van der Waals surface area contributed by atoms with E-state index in [1.165, 1.54) is 0 Å². The van der Waals surface area contributed by atoms with Gasteiger partial charge in [0.1, 0.15) is 11.9 Å². The SMILES string of the molecule is Cc1ccc(OC2CN(c3cccc(CN[C]=N)c3F)C2)cn1. The maximum absolute atomic E-state index is 14.4. The molecule has 0 bridgehead atoms. The summed E-state index contributed by atoms with van der Waals surface area (Å²) >= 11 is 0. The van der Waals surface area contributed by atoms with Gasteiger partial charge in [-0.3, -0.25) is 10.4 Å². The summed E-state index contributed by atoms with van der Waals surface area (Å²) in [6.07, 6.45) is 3.80. The van der Waals surface area contributed by atoms with Crippen LogP contribution in [0.2, 0.25) is 0 Å². The number of anilines is 1. The van der Waals surface area contributed by atoms with E-state index in [2.05, 4.69) is 16.6 Å². The number of benzene rings is 1. The fraction of sp³-hybridized carbons (Fsp3) is 0.294. The van der Waals surface area contributed by atoms with Crippen LogP contribution in [0.25, 0.3) is 0 Å². The number of rotatable bonds is 6. The molecule has 23 heavy (non-hydrogen) atoms. The predicted molar refractivity (Wildman–Crippen MR) is 86.6 cm³/mol. The molecule has 119 valence electrons. The highest BCUT2D eigenvalue weighted by Crippen LogP contribution is 2.28. The molecule has 1 saturated heterocycles. The van der Waals surface area contributed by atoms with E-state index >= 15 is 0 Å². The lowest BCUT2D eigenvalue weighted by Gasteiger charge is -2.40. The van der Waals surface area contributed by atoms with Crippen molar-refractivity contribution >= 4 is 12.0 Å². The Morgan fingerprint density at radius 1 is 1.39 bits per heavy atom. The average molecular weight is 313 g/mol. The van der Waals surface area contributed by atoms with Crippen LogP contribution < -0.4 is 15.0 Å². The molecular weight excluding hydrogens is 295 g/mol. The summed E-state index contributed by atoms with van der Waals surface area (Å²) in [6.45, 7) is 3.46. The van der Waals surface area contributed by atoms with Gasteiger partial charge in [0.05, 0.1) is 25.0 Å². The fourth-order valence-electron chi connectivity index (χ4n) is 2.51. The number of nitrogens with zero attached hydrogens (tertiary/aromatic N) is 2. The molecule has 0 saturated carbocycles. The van der Waals surface area contributed by atoms with Crippen LogP contribution in [0.15, 0.2) is 36.5 Å². The number of hydrogen-bond acceptors (Lipinski definition) is 4. The van der Waals surface area contributed by atoms with Crippen molar-refractivity contribution in [2.45, 2.75) is 19.6 Å². The van der Waals surface area contributed by atoms with Gasteiger partial charge in [-0.15, -0.1) is 0 Å². The zero-order valence-corrected chi connectivity index (χ0v) is 12.8. The van der Waals surface area contributed by atoms with Gasteiger partial charge in [-0.25, -0.2) is 4.39 Å². The van der Waals surface area contributed by atoms with Gasteiger partial charge in [0.15, 0.2) is 12.2 Å². The maximum Gasteiger partial charge on any atom is 0.161 e. The topological polar surface area (TPSA) is 61.2 Å². The van der Waals surface area contributed by atoms with Crippen LogP contribution in [0.4, 0.5) is 10.1 Å². The van der Waals surface area contributed by atoms with Gasteiger partial charge in [-0.1, -0.05) is 12.1 Å². The van der Waals surface area contributed by atoms with Crippen LogP contribution in [0.1, 0.15) is 11.3 Å². The first-order valence-corrected chi connectivity index (χ1v) is 7.43. The summed E-state index contributed by atoms with van der Waals surface area (Å²) in [7, 11) is 0. The molecular formula is C17H18FN4O. The van der Waals surface area contributed by atoms with Crippen molar-refractivity contribution in [2.24, 2.45) is 0 Å². The van der Waals surface area contributed by atoms with Gasteiger partial charge in [0, 0.05) is 17.8 Å². The Balaban J connectivity index is 1.60. The monoisotopic (exact) mass is 313 g/mol. The first-order chi connectivity index (χ1) is 11.2. The summed E-state index contributed by atoms with van der Waals surface area (Å²) in [5.74, 6) is 0.478. The quantitative estimate of drug-likeness (QED) is 0.488. The van der Waals surface area contributed by atoms with Crippen LogP contribution in [-0.2, 0) is 6.54 Å². The lowest BCUT2D eigenvalue weighted by atomic mass is 10.1. The van der Waals surface area contributed by atoms with Crippen molar-refractivity contribution in [2.75, 3.05) is 18.0 Å². The van der Waals surface area contributed by atoms with E-state index in [9.17, 15) is 4.39 Å². The van der Waals surface area contributed by atoms with E-state index in [1.807, 2.05) is 30.0 Å². The van der Waals surface area contributed by atoms with Gasteiger partial charge in [0.2, 0.25) is 0 Å². The van der Waals surface area contributed by atoms with Crippen molar-refractivity contribution in [3.05, 3.63) is 53.6 Å². The number of hydrogen-bond donors (Lipinski definition) is 2. The minimum Gasteiger partial charge on any atom is -0.485 e. The number of ether oxygens (including phenoxy) is 1. The van der Waals surface area contributed by atoms with E-state index < -0.39 is 0 Å². The number of aryl methyl sites for hydroxylation is 1. The summed E-state index contributed by atoms with van der Waals surface area (Å²) in [4.78, 5) is 6.14. The summed E-state index contributed by atoms with van der Waals surface area (Å²) in [5.41, 5.74) is 2.03.